The van der Waals surface area contributed by atoms with Crippen LogP contribution in [0.25, 0.3) is 0 Å². The van der Waals surface area contributed by atoms with Crippen molar-refractivity contribution in [3.05, 3.63) is 29.8 Å². The average Bonchev–Trinajstić information content (AvgIpc) is 3.10. The second-order valence-electron chi connectivity index (χ2n) is 6.76. The molecule has 2 aliphatic rings. The van der Waals surface area contributed by atoms with Crippen molar-refractivity contribution in [2.45, 2.75) is 44.6 Å². The van der Waals surface area contributed by atoms with Crippen molar-refractivity contribution in [2.24, 2.45) is 5.92 Å². The number of nitrogens with zero attached hydrogens (tertiary/aromatic N) is 1. The summed E-state index contributed by atoms with van der Waals surface area (Å²) in [5, 5.41) is 0. The number of ether oxygens (including phenoxy) is 2. The fourth-order valence-electron chi connectivity index (χ4n) is 3.93. The van der Waals surface area contributed by atoms with Gasteiger partial charge in [-0.1, -0.05) is 25.0 Å². The predicted molar refractivity (Wildman–Crippen MR) is 89.7 cm³/mol. The monoisotopic (exact) mass is 317 g/mol. The van der Waals surface area contributed by atoms with Crippen molar-refractivity contribution in [3.63, 3.8) is 0 Å². The molecule has 1 aliphatic carbocycles. The summed E-state index contributed by atoms with van der Waals surface area (Å²) in [4.78, 5) is 15.2. The topological polar surface area (TPSA) is 38.8 Å². The van der Waals surface area contributed by atoms with E-state index >= 15 is 0 Å². The van der Waals surface area contributed by atoms with E-state index in [1.54, 1.807) is 7.11 Å². The van der Waals surface area contributed by atoms with Gasteiger partial charge in [0, 0.05) is 13.1 Å². The highest BCUT2D eigenvalue weighted by molar-refractivity contribution is 5.84. The van der Waals surface area contributed by atoms with E-state index in [4.69, 9.17) is 9.47 Å². The lowest BCUT2D eigenvalue weighted by atomic mass is 9.83. The lowest BCUT2D eigenvalue weighted by Gasteiger charge is -2.35. The highest BCUT2D eigenvalue weighted by atomic mass is 16.5. The molecular formula is C19H27NO3. The number of carbonyl (C=O) groups is 1. The van der Waals surface area contributed by atoms with Gasteiger partial charge in [-0.15, -0.1) is 0 Å². The van der Waals surface area contributed by atoms with Crippen LogP contribution >= 0.6 is 0 Å². The molecule has 0 bridgehead atoms. The van der Waals surface area contributed by atoms with E-state index in [0.29, 0.717) is 25.6 Å². The summed E-state index contributed by atoms with van der Waals surface area (Å²) >= 11 is 0. The van der Waals surface area contributed by atoms with Crippen LogP contribution in [0.2, 0.25) is 0 Å². The first-order valence-corrected chi connectivity index (χ1v) is 8.73. The van der Waals surface area contributed by atoms with E-state index < -0.39 is 0 Å². The molecule has 126 valence electrons. The first kappa shape index (κ1) is 16.3. The molecule has 0 spiro atoms. The van der Waals surface area contributed by atoms with Crippen molar-refractivity contribution in [2.75, 3.05) is 26.8 Å². The van der Waals surface area contributed by atoms with Crippen LogP contribution in [0.4, 0.5) is 0 Å². The number of hydrogen-bond donors (Lipinski definition) is 0. The molecule has 4 heteroatoms. The molecule has 0 radical (unpaired) electrons. The Balaban J connectivity index is 1.83. The molecule has 1 aliphatic heterocycles. The molecule has 0 aromatic heterocycles. The summed E-state index contributed by atoms with van der Waals surface area (Å²) in [6.45, 7) is 4.10. The Morgan fingerprint density at radius 3 is 2.57 bits per heavy atom. The fourth-order valence-corrected chi connectivity index (χ4v) is 3.93. The molecule has 1 amide bonds. The Morgan fingerprint density at radius 2 is 1.96 bits per heavy atom. The van der Waals surface area contributed by atoms with Gasteiger partial charge in [0.2, 0.25) is 5.91 Å². The van der Waals surface area contributed by atoms with Gasteiger partial charge in [-0.2, -0.15) is 0 Å². The number of amides is 1. The fraction of sp³-hybridized carbons (Fsp3) is 0.632. The molecule has 1 heterocycles. The minimum atomic E-state index is -0.0197. The van der Waals surface area contributed by atoms with Crippen LogP contribution in [0.3, 0.4) is 0 Å². The summed E-state index contributed by atoms with van der Waals surface area (Å²) in [5.41, 5.74) is 1.13. The number of carbonyl (C=O) groups excluding carboxylic acids is 1. The third-order valence-electron chi connectivity index (χ3n) is 5.16. The minimum absolute atomic E-state index is 0.0197. The second kappa shape index (κ2) is 7.35. The Bertz CT molecular complexity index is 522. The van der Waals surface area contributed by atoms with E-state index in [9.17, 15) is 4.79 Å². The summed E-state index contributed by atoms with van der Waals surface area (Å²) in [6, 6.07) is 8.05. The van der Waals surface area contributed by atoms with E-state index in [-0.39, 0.29) is 17.9 Å². The van der Waals surface area contributed by atoms with Crippen molar-refractivity contribution >= 4 is 5.91 Å². The molecule has 2 fully saturated rings. The Kier molecular flexibility index (Phi) is 5.21. The zero-order valence-electron chi connectivity index (χ0n) is 14.2. The third kappa shape index (κ3) is 3.69. The first-order chi connectivity index (χ1) is 11.2. The molecule has 1 aromatic rings. The van der Waals surface area contributed by atoms with Gasteiger partial charge in [-0.05, 0) is 43.4 Å². The van der Waals surface area contributed by atoms with E-state index in [0.717, 1.165) is 24.2 Å². The van der Waals surface area contributed by atoms with Gasteiger partial charge in [0.05, 0.1) is 25.7 Å². The summed E-state index contributed by atoms with van der Waals surface area (Å²) in [5.74, 6) is 1.56. The van der Waals surface area contributed by atoms with Crippen LogP contribution in [0.1, 0.15) is 44.1 Å². The molecular weight excluding hydrogens is 290 g/mol. The third-order valence-corrected chi connectivity index (χ3v) is 5.16. The molecule has 1 saturated heterocycles. The zero-order chi connectivity index (χ0) is 16.2. The molecule has 1 aromatic carbocycles. The lowest BCUT2D eigenvalue weighted by Crippen LogP contribution is -2.47. The van der Waals surface area contributed by atoms with Crippen molar-refractivity contribution in [1.29, 1.82) is 0 Å². The number of morpholine rings is 1. The maximum Gasteiger partial charge on any atom is 0.230 e. The predicted octanol–water partition coefficient (Wildman–Crippen LogP) is 3.22. The van der Waals surface area contributed by atoms with E-state index in [1.807, 2.05) is 24.0 Å². The standard InChI is InChI=1S/C19H27NO3/c1-14-13-20(11-12-23-14)19(21)18(15-5-3-4-6-15)16-7-9-17(22-2)10-8-16/h7-10,14-15,18H,3-6,11-13H2,1-2H3. The van der Waals surface area contributed by atoms with Crippen LogP contribution in [0.5, 0.6) is 5.75 Å². The van der Waals surface area contributed by atoms with Crippen LogP contribution in [0, 0.1) is 5.92 Å². The largest absolute Gasteiger partial charge is 0.497 e. The quantitative estimate of drug-likeness (QED) is 0.856. The molecule has 2 atom stereocenters. The summed E-state index contributed by atoms with van der Waals surface area (Å²) < 4.78 is 10.8. The Labute approximate surface area is 138 Å². The van der Waals surface area contributed by atoms with E-state index in [2.05, 4.69) is 12.1 Å². The lowest BCUT2D eigenvalue weighted by molar-refractivity contribution is -0.141. The first-order valence-electron chi connectivity index (χ1n) is 8.73. The Morgan fingerprint density at radius 1 is 1.26 bits per heavy atom. The van der Waals surface area contributed by atoms with Crippen molar-refractivity contribution in [3.8, 4) is 5.75 Å². The number of methoxy groups -OCH3 is 1. The van der Waals surface area contributed by atoms with Crippen LogP contribution in [-0.4, -0.2) is 43.7 Å². The molecule has 0 N–H and O–H groups in total. The molecule has 3 rings (SSSR count). The number of hydrogen-bond acceptors (Lipinski definition) is 3. The second-order valence-corrected chi connectivity index (χ2v) is 6.76. The molecule has 2 unspecified atom stereocenters. The summed E-state index contributed by atoms with van der Waals surface area (Å²) in [6.07, 6.45) is 4.92. The maximum absolute atomic E-state index is 13.2. The van der Waals surface area contributed by atoms with Gasteiger partial charge in [0.1, 0.15) is 5.75 Å². The van der Waals surface area contributed by atoms with Gasteiger partial charge < -0.3 is 14.4 Å². The maximum atomic E-state index is 13.2. The van der Waals surface area contributed by atoms with Crippen LogP contribution < -0.4 is 4.74 Å². The van der Waals surface area contributed by atoms with Gasteiger partial charge >= 0.3 is 0 Å². The number of benzene rings is 1. The smallest absolute Gasteiger partial charge is 0.230 e. The normalized spacial score (nSPS) is 23.7. The van der Waals surface area contributed by atoms with E-state index in [1.165, 1.54) is 12.8 Å². The van der Waals surface area contributed by atoms with Crippen molar-refractivity contribution < 1.29 is 14.3 Å². The van der Waals surface area contributed by atoms with Gasteiger partial charge in [-0.25, -0.2) is 0 Å². The Hall–Kier alpha value is -1.55. The summed E-state index contributed by atoms with van der Waals surface area (Å²) in [7, 11) is 1.67. The minimum Gasteiger partial charge on any atom is -0.497 e. The number of rotatable bonds is 4. The zero-order valence-corrected chi connectivity index (χ0v) is 14.2. The average molecular weight is 317 g/mol. The highest BCUT2D eigenvalue weighted by Crippen LogP contribution is 2.39. The van der Waals surface area contributed by atoms with Crippen LogP contribution in [-0.2, 0) is 9.53 Å². The van der Waals surface area contributed by atoms with Gasteiger partial charge in [0.15, 0.2) is 0 Å². The molecule has 1 saturated carbocycles. The van der Waals surface area contributed by atoms with Gasteiger partial charge in [0.25, 0.3) is 0 Å². The van der Waals surface area contributed by atoms with Crippen molar-refractivity contribution in [1.82, 2.24) is 4.90 Å². The van der Waals surface area contributed by atoms with Gasteiger partial charge in [-0.3, -0.25) is 4.79 Å². The molecule has 23 heavy (non-hydrogen) atoms. The van der Waals surface area contributed by atoms with Crippen LogP contribution in [0.15, 0.2) is 24.3 Å². The SMILES string of the molecule is COc1ccc(C(C(=O)N2CCOC(C)C2)C2CCCC2)cc1. The molecule has 4 nitrogen and oxygen atoms in total. The highest BCUT2D eigenvalue weighted by Gasteiger charge is 2.35.